The van der Waals surface area contributed by atoms with Crippen molar-refractivity contribution < 1.29 is 13.9 Å². The monoisotopic (exact) mass is 332 g/mol. The van der Waals surface area contributed by atoms with Crippen LogP contribution in [-0.4, -0.2) is 39.2 Å². The fourth-order valence-corrected chi connectivity index (χ4v) is 3.15. The van der Waals surface area contributed by atoms with E-state index in [4.69, 9.17) is 4.74 Å². The van der Waals surface area contributed by atoms with Gasteiger partial charge in [-0.2, -0.15) is 0 Å². The van der Waals surface area contributed by atoms with Crippen LogP contribution in [0.3, 0.4) is 0 Å². The third-order valence-electron chi connectivity index (χ3n) is 4.26. The molecule has 1 aromatic heterocycles. The lowest BCUT2D eigenvalue weighted by molar-refractivity contribution is 0.0671. The van der Waals surface area contributed by atoms with Crippen molar-refractivity contribution in [3.63, 3.8) is 0 Å². The summed E-state index contributed by atoms with van der Waals surface area (Å²) in [6.45, 7) is 6.91. The Labute approximate surface area is 140 Å². The second-order valence-corrected chi connectivity index (χ2v) is 6.35. The van der Waals surface area contributed by atoms with E-state index in [9.17, 15) is 9.18 Å². The van der Waals surface area contributed by atoms with Gasteiger partial charge in [-0.15, -0.1) is 10.2 Å². The zero-order chi connectivity index (χ0) is 17.4. The number of benzene rings is 1. The van der Waals surface area contributed by atoms with Crippen LogP contribution < -0.4 is 4.74 Å². The van der Waals surface area contributed by atoms with Crippen molar-refractivity contribution in [2.75, 3.05) is 13.7 Å². The molecule has 128 valence electrons. The summed E-state index contributed by atoms with van der Waals surface area (Å²) in [6.07, 6.45) is 0. The van der Waals surface area contributed by atoms with Crippen molar-refractivity contribution in [2.24, 2.45) is 0 Å². The molecule has 0 saturated heterocycles. The van der Waals surface area contributed by atoms with Crippen LogP contribution in [0.1, 0.15) is 54.7 Å². The lowest BCUT2D eigenvalue weighted by Crippen LogP contribution is -2.41. The number of amides is 1. The van der Waals surface area contributed by atoms with Crippen molar-refractivity contribution in [1.29, 1.82) is 0 Å². The van der Waals surface area contributed by atoms with E-state index in [1.165, 1.54) is 19.2 Å². The maximum absolute atomic E-state index is 14.2. The van der Waals surface area contributed by atoms with Crippen LogP contribution in [0.2, 0.25) is 0 Å². The van der Waals surface area contributed by atoms with Crippen molar-refractivity contribution in [3.8, 4) is 5.75 Å². The molecular weight excluding hydrogens is 311 g/mol. The summed E-state index contributed by atoms with van der Waals surface area (Å²) in [5.74, 6) is 1.15. The quantitative estimate of drug-likeness (QED) is 0.867. The van der Waals surface area contributed by atoms with Gasteiger partial charge in [0.1, 0.15) is 23.0 Å². The van der Waals surface area contributed by atoms with E-state index in [0.717, 1.165) is 11.6 Å². The number of carbonyl (C=O) groups excluding carboxylic acids is 1. The molecule has 0 aliphatic carbocycles. The lowest BCUT2D eigenvalue weighted by atomic mass is 10.1. The van der Waals surface area contributed by atoms with Crippen LogP contribution >= 0.6 is 0 Å². The summed E-state index contributed by atoms with van der Waals surface area (Å²) in [6, 6.07) is 4.41. The summed E-state index contributed by atoms with van der Waals surface area (Å²) in [4.78, 5) is 14.4. The molecule has 24 heavy (non-hydrogen) atoms. The standard InChI is InChI=1S/C17H21FN4O2/c1-10(2)16-20-19-14-9-21(8-11(3)22(14)16)17(23)15-12(18)6-5-7-13(15)24-4/h5-7,10-11H,8-9H2,1-4H3/t11-/m0/s1. The van der Waals surface area contributed by atoms with Gasteiger partial charge in [-0.25, -0.2) is 4.39 Å². The van der Waals surface area contributed by atoms with Gasteiger partial charge in [0.2, 0.25) is 0 Å². The molecule has 0 saturated carbocycles. The summed E-state index contributed by atoms with van der Waals surface area (Å²) in [7, 11) is 1.43. The normalized spacial score (nSPS) is 17.1. The SMILES string of the molecule is COc1cccc(F)c1C(=O)N1Cc2nnc(C(C)C)n2[C@@H](C)C1. The molecule has 1 atom stereocenters. The molecular formula is C17H21FN4O2. The molecule has 0 fully saturated rings. The third kappa shape index (κ3) is 2.64. The molecule has 1 aliphatic rings. The van der Waals surface area contributed by atoms with E-state index in [1.807, 2.05) is 6.92 Å². The molecule has 1 aromatic carbocycles. The lowest BCUT2D eigenvalue weighted by Gasteiger charge is -2.33. The highest BCUT2D eigenvalue weighted by Crippen LogP contribution is 2.29. The summed E-state index contributed by atoms with van der Waals surface area (Å²) < 4.78 is 21.4. The van der Waals surface area contributed by atoms with Crippen LogP contribution in [-0.2, 0) is 6.54 Å². The average molecular weight is 332 g/mol. The number of rotatable bonds is 3. The largest absolute Gasteiger partial charge is 0.496 e. The molecule has 0 unspecified atom stereocenters. The topological polar surface area (TPSA) is 60.2 Å². The van der Waals surface area contributed by atoms with E-state index in [2.05, 4.69) is 28.6 Å². The van der Waals surface area contributed by atoms with Crippen LogP contribution in [0.4, 0.5) is 4.39 Å². The zero-order valence-corrected chi connectivity index (χ0v) is 14.3. The highest BCUT2D eigenvalue weighted by atomic mass is 19.1. The van der Waals surface area contributed by atoms with Gasteiger partial charge in [0, 0.05) is 12.5 Å². The van der Waals surface area contributed by atoms with Crippen molar-refractivity contribution in [1.82, 2.24) is 19.7 Å². The first-order valence-corrected chi connectivity index (χ1v) is 7.99. The number of hydrogen-bond donors (Lipinski definition) is 0. The molecule has 0 spiro atoms. The molecule has 1 aliphatic heterocycles. The number of fused-ring (bicyclic) bond motifs is 1. The van der Waals surface area contributed by atoms with Crippen molar-refractivity contribution in [2.45, 2.75) is 39.3 Å². The molecule has 2 heterocycles. The Bertz CT molecular complexity index is 772. The maximum atomic E-state index is 14.2. The first-order valence-electron chi connectivity index (χ1n) is 7.99. The second-order valence-electron chi connectivity index (χ2n) is 6.35. The van der Waals surface area contributed by atoms with Gasteiger partial charge in [-0.1, -0.05) is 19.9 Å². The highest BCUT2D eigenvalue weighted by molar-refractivity contribution is 5.97. The van der Waals surface area contributed by atoms with Crippen LogP contribution in [0.15, 0.2) is 18.2 Å². The summed E-state index contributed by atoms with van der Waals surface area (Å²) in [5.41, 5.74) is -0.0377. The highest BCUT2D eigenvalue weighted by Gasteiger charge is 2.32. The Morgan fingerprint density at radius 2 is 2.12 bits per heavy atom. The Kier molecular flexibility index (Phi) is 4.26. The van der Waals surface area contributed by atoms with Gasteiger partial charge in [0.05, 0.1) is 19.7 Å². The van der Waals surface area contributed by atoms with E-state index >= 15 is 0 Å². The minimum atomic E-state index is -0.582. The summed E-state index contributed by atoms with van der Waals surface area (Å²) in [5, 5.41) is 8.46. The minimum absolute atomic E-state index is 0.0304. The van der Waals surface area contributed by atoms with Gasteiger partial charge in [-0.05, 0) is 19.1 Å². The molecule has 7 heteroatoms. The fraction of sp³-hybridized carbons (Fsp3) is 0.471. The summed E-state index contributed by atoms with van der Waals surface area (Å²) >= 11 is 0. The van der Waals surface area contributed by atoms with Crippen LogP contribution in [0, 0.1) is 5.82 Å². The average Bonchev–Trinajstić information content (AvgIpc) is 2.98. The second kappa shape index (κ2) is 6.22. The van der Waals surface area contributed by atoms with E-state index in [-0.39, 0.29) is 23.3 Å². The Balaban J connectivity index is 1.94. The van der Waals surface area contributed by atoms with Crippen LogP contribution in [0.25, 0.3) is 0 Å². The molecule has 6 nitrogen and oxygen atoms in total. The zero-order valence-electron chi connectivity index (χ0n) is 14.3. The van der Waals surface area contributed by atoms with Gasteiger partial charge >= 0.3 is 0 Å². The van der Waals surface area contributed by atoms with E-state index in [1.54, 1.807) is 11.0 Å². The number of nitrogens with zero attached hydrogens (tertiary/aromatic N) is 4. The van der Waals surface area contributed by atoms with Crippen molar-refractivity contribution >= 4 is 5.91 Å². The van der Waals surface area contributed by atoms with Gasteiger partial charge in [0.15, 0.2) is 5.82 Å². The number of aromatic nitrogens is 3. The Hall–Kier alpha value is -2.44. The van der Waals surface area contributed by atoms with E-state index in [0.29, 0.717) is 13.1 Å². The van der Waals surface area contributed by atoms with Crippen LogP contribution in [0.5, 0.6) is 5.75 Å². The molecule has 0 radical (unpaired) electrons. The Morgan fingerprint density at radius 3 is 2.79 bits per heavy atom. The maximum Gasteiger partial charge on any atom is 0.261 e. The first kappa shape index (κ1) is 16.4. The first-order chi connectivity index (χ1) is 11.4. The van der Waals surface area contributed by atoms with Gasteiger partial charge < -0.3 is 14.2 Å². The van der Waals surface area contributed by atoms with Gasteiger partial charge in [0.25, 0.3) is 5.91 Å². The smallest absolute Gasteiger partial charge is 0.261 e. The third-order valence-corrected chi connectivity index (χ3v) is 4.26. The number of carbonyl (C=O) groups is 1. The predicted molar refractivity (Wildman–Crippen MR) is 86.5 cm³/mol. The number of ether oxygens (including phenoxy) is 1. The molecule has 2 aromatic rings. The number of methoxy groups -OCH3 is 1. The molecule has 0 bridgehead atoms. The predicted octanol–water partition coefficient (Wildman–Crippen LogP) is 2.77. The molecule has 1 amide bonds. The minimum Gasteiger partial charge on any atom is -0.496 e. The number of halogens is 1. The molecule has 0 N–H and O–H groups in total. The van der Waals surface area contributed by atoms with Gasteiger partial charge in [-0.3, -0.25) is 4.79 Å². The Morgan fingerprint density at radius 1 is 1.38 bits per heavy atom. The van der Waals surface area contributed by atoms with Crippen molar-refractivity contribution in [3.05, 3.63) is 41.2 Å². The molecule has 3 rings (SSSR count). The fourth-order valence-electron chi connectivity index (χ4n) is 3.15. The number of hydrogen-bond acceptors (Lipinski definition) is 4. The van der Waals surface area contributed by atoms with E-state index < -0.39 is 11.7 Å².